The minimum absolute atomic E-state index is 0.101. The molecular weight excluding hydrogens is 308 g/mol. The summed E-state index contributed by atoms with van der Waals surface area (Å²) in [5.41, 5.74) is 5.88. The van der Waals surface area contributed by atoms with Gasteiger partial charge in [0, 0.05) is 18.2 Å². The highest BCUT2D eigenvalue weighted by atomic mass is 32.2. The van der Waals surface area contributed by atoms with Gasteiger partial charge in [0.05, 0.1) is 17.7 Å². The minimum Gasteiger partial charge on any atom is -0.459 e. The van der Waals surface area contributed by atoms with E-state index < -0.39 is 11.1 Å². The highest BCUT2D eigenvalue weighted by Crippen LogP contribution is 2.14. The van der Waals surface area contributed by atoms with Gasteiger partial charge in [-0.05, 0) is 24.6 Å². The number of fused-ring (bicyclic) bond motifs is 1. The van der Waals surface area contributed by atoms with Crippen LogP contribution in [-0.4, -0.2) is 27.0 Å². The molecule has 4 N–H and O–H groups in total. The molecule has 0 fully saturated rings. The predicted octanol–water partition coefficient (Wildman–Crippen LogP) is 0.593. The zero-order chi connectivity index (χ0) is 16.1. The molecule has 1 aromatic heterocycles. The fourth-order valence-electron chi connectivity index (χ4n) is 1.95. The van der Waals surface area contributed by atoms with Crippen molar-refractivity contribution in [1.82, 2.24) is 5.32 Å². The lowest BCUT2D eigenvalue weighted by atomic mass is 10.1. The second-order valence-corrected chi connectivity index (χ2v) is 5.68. The third-order valence-corrected chi connectivity index (χ3v) is 3.66. The van der Waals surface area contributed by atoms with E-state index in [2.05, 4.69) is 5.32 Å². The summed E-state index contributed by atoms with van der Waals surface area (Å²) in [5, 5.41) is 2.93. The van der Waals surface area contributed by atoms with Crippen molar-refractivity contribution >= 4 is 28.0 Å². The van der Waals surface area contributed by atoms with E-state index in [4.69, 9.17) is 14.7 Å². The largest absolute Gasteiger partial charge is 0.459 e. The van der Waals surface area contributed by atoms with Gasteiger partial charge in [-0.1, -0.05) is 0 Å². The SMILES string of the molecule is NCc1cc(=O)c2cc(C(=O)NCCCS(=O)O)ccc2o1. The van der Waals surface area contributed by atoms with Crippen LogP contribution < -0.4 is 16.5 Å². The van der Waals surface area contributed by atoms with E-state index in [-0.39, 0.29) is 30.2 Å². The van der Waals surface area contributed by atoms with Gasteiger partial charge in [-0.2, -0.15) is 0 Å². The van der Waals surface area contributed by atoms with Crippen LogP contribution in [0.4, 0.5) is 0 Å². The van der Waals surface area contributed by atoms with E-state index in [0.29, 0.717) is 28.7 Å². The summed E-state index contributed by atoms with van der Waals surface area (Å²) < 4.78 is 24.6. The first kappa shape index (κ1) is 16.3. The number of nitrogens with one attached hydrogen (secondary N) is 1. The van der Waals surface area contributed by atoms with Gasteiger partial charge < -0.3 is 20.0 Å². The van der Waals surface area contributed by atoms with Gasteiger partial charge in [-0.15, -0.1) is 0 Å². The smallest absolute Gasteiger partial charge is 0.251 e. The summed E-state index contributed by atoms with van der Waals surface area (Å²) in [6.45, 7) is 0.406. The van der Waals surface area contributed by atoms with E-state index >= 15 is 0 Å². The lowest BCUT2D eigenvalue weighted by Gasteiger charge is -2.06. The Labute approximate surface area is 128 Å². The zero-order valence-corrected chi connectivity index (χ0v) is 12.5. The Hall–Kier alpha value is -2.03. The minimum atomic E-state index is -1.86. The molecule has 2 rings (SSSR count). The summed E-state index contributed by atoms with van der Waals surface area (Å²) in [6, 6.07) is 5.86. The van der Waals surface area contributed by atoms with Gasteiger partial charge in [0.15, 0.2) is 16.5 Å². The number of hydrogen-bond acceptors (Lipinski definition) is 5. The highest BCUT2D eigenvalue weighted by molar-refractivity contribution is 7.79. The molecule has 22 heavy (non-hydrogen) atoms. The maximum absolute atomic E-state index is 12.0. The molecule has 118 valence electrons. The number of hydrogen-bond donors (Lipinski definition) is 3. The molecule has 0 radical (unpaired) electrons. The zero-order valence-electron chi connectivity index (χ0n) is 11.7. The third kappa shape index (κ3) is 4.00. The Balaban J connectivity index is 2.15. The van der Waals surface area contributed by atoms with Crippen molar-refractivity contribution in [2.45, 2.75) is 13.0 Å². The van der Waals surface area contributed by atoms with Gasteiger partial charge in [-0.25, -0.2) is 4.21 Å². The van der Waals surface area contributed by atoms with Gasteiger partial charge in [-0.3, -0.25) is 9.59 Å². The maximum atomic E-state index is 12.0. The van der Waals surface area contributed by atoms with Crippen LogP contribution in [0.1, 0.15) is 22.5 Å². The summed E-state index contributed by atoms with van der Waals surface area (Å²) in [4.78, 5) is 23.9. The molecule has 0 saturated heterocycles. The molecule has 0 aliphatic carbocycles. The van der Waals surface area contributed by atoms with Crippen LogP contribution in [0.25, 0.3) is 11.0 Å². The van der Waals surface area contributed by atoms with Gasteiger partial charge in [0.25, 0.3) is 5.91 Å². The average Bonchev–Trinajstić information content (AvgIpc) is 2.50. The first-order valence-electron chi connectivity index (χ1n) is 6.64. The van der Waals surface area contributed by atoms with Crippen LogP contribution >= 0.6 is 0 Å². The lowest BCUT2D eigenvalue weighted by Crippen LogP contribution is -2.25. The second-order valence-electron chi connectivity index (χ2n) is 4.63. The Kier molecular flexibility index (Phi) is 5.42. The van der Waals surface area contributed by atoms with Crippen molar-refractivity contribution in [2.24, 2.45) is 5.73 Å². The molecule has 7 nitrogen and oxygen atoms in total. The summed E-state index contributed by atoms with van der Waals surface area (Å²) >= 11 is -1.86. The lowest BCUT2D eigenvalue weighted by molar-refractivity contribution is 0.0954. The molecule has 8 heteroatoms. The average molecular weight is 324 g/mol. The fraction of sp³-hybridized carbons (Fsp3) is 0.286. The number of amides is 1. The summed E-state index contributed by atoms with van der Waals surface area (Å²) in [6.07, 6.45) is 0.393. The van der Waals surface area contributed by atoms with E-state index in [1.807, 2.05) is 0 Å². The summed E-state index contributed by atoms with van der Waals surface area (Å²) in [7, 11) is 0. The van der Waals surface area contributed by atoms with E-state index in [1.165, 1.54) is 12.1 Å². The Bertz CT molecular complexity index is 771. The maximum Gasteiger partial charge on any atom is 0.251 e. The Morgan fingerprint density at radius 3 is 2.82 bits per heavy atom. The van der Waals surface area contributed by atoms with Crippen molar-refractivity contribution in [3.8, 4) is 0 Å². The molecule has 1 amide bonds. The molecule has 1 aromatic carbocycles. The van der Waals surface area contributed by atoms with E-state index in [9.17, 15) is 13.8 Å². The number of carbonyl (C=O) groups excluding carboxylic acids is 1. The third-order valence-electron chi connectivity index (χ3n) is 3.02. The van der Waals surface area contributed by atoms with Crippen LogP contribution in [-0.2, 0) is 17.6 Å². The van der Waals surface area contributed by atoms with E-state index in [1.54, 1.807) is 12.1 Å². The highest BCUT2D eigenvalue weighted by Gasteiger charge is 2.10. The van der Waals surface area contributed by atoms with Crippen LogP contribution in [0.3, 0.4) is 0 Å². The van der Waals surface area contributed by atoms with Gasteiger partial charge in [0.1, 0.15) is 11.3 Å². The quantitative estimate of drug-likeness (QED) is 0.528. The molecule has 2 aromatic rings. The summed E-state index contributed by atoms with van der Waals surface area (Å²) in [5.74, 6) is 0.128. The Morgan fingerprint density at radius 1 is 1.36 bits per heavy atom. The topological polar surface area (TPSA) is 123 Å². The van der Waals surface area contributed by atoms with E-state index in [0.717, 1.165) is 0 Å². The molecule has 0 aliphatic heterocycles. The molecule has 0 aliphatic rings. The number of carbonyl (C=O) groups is 1. The molecule has 0 bridgehead atoms. The molecular formula is C14H16N2O5S. The normalized spacial score (nSPS) is 12.3. The van der Waals surface area contributed by atoms with Crippen molar-refractivity contribution < 1.29 is 18.0 Å². The van der Waals surface area contributed by atoms with Crippen molar-refractivity contribution in [1.29, 1.82) is 0 Å². The molecule has 1 atom stereocenters. The predicted molar refractivity (Wildman–Crippen MR) is 83.0 cm³/mol. The molecule has 0 spiro atoms. The van der Waals surface area contributed by atoms with Crippen LogP contribution in [0.15, 0.2) is 33.5 Å². The van der Waals surface area contributed by atoms with Crippen LogP contribution in [0.5, 0.6) is 0 Å². The standard InChI is InChI=1S/C14H16N2O5S/c15-8-10-7-12(17)11-6-9(2-3-13(11)21-10)14(18)16-4-1-5-22(19)20/h2-3,6-7H,1,4-5,8,15H2,(H,16,18)(H,19,20). The number of benzene rings is 1. The number of nitrogens with two attached hydrogens (primary N) is 1. The molecule has 1 heterocycles. The monoisotopic (exact) mass is 324 g/mol. The fourth-order valence-corrected chi connectivity index (χ4v) is 2.34. The van der Waals surface area contributed by atoms with Gasteiger partial charge in [0.2, 0.25) is 0 Å². The van der Waals surface area contributed by atoms with Crippen LogP contribution in [0, 0.1) is 0 Å². The second kappa shape index (κ2) is 7.30. The van der Waals surface area contributed by atoms with Gasteiger partial charge >= 0.3 is 0 Å². The number of rotatable bonds is 6. The van der Waals surface area contributed by atoms with Crippen molar-refractivity contribution in [2.75, 3.05) is 12.3 Å². The van der Waals surface area contributed by atoms with Crippen LogP contribution in [0.2, 0.25) is 0 Å². The first-order chi connectivity index (χ1) is 10.5. The van der Waals surface area contributed by atoms with Crippen molar-refractivity contribution in [3.63, 3.8) is 0 Å². The first-order valence-corrected chi connectivity index (χ1v) is 7.91. The molecule has 0 saturated carbocycles. The van der Waals surface area contributed by atoms with Crippen molar-refractivity contribution in [3.05, 3.63) is 45.8 Å². The molecule has 1 unspecified atom stereocenters. The Morgan fingerprint density at radius 2 is 2.14 bits per heavy atom.